The summed E-state index contributed by atoms with van der Waals surface area (Å²) < 4.78 is 36.1. The van der Waals surface area contributed by atoms with E-state index in [4.69, 9.17) is 5.14 Å². The van der Waals surface area contributed by atoms with E-state index in [0.29, 0.717) is 5.69 Å². The second-order valence-electron chi connectivity index (χ2n) is 4.42. The van der Waals surface area contributed by atoms with Gasteiger partial charge >= 0.3 is 0 Å². The molecule has 0 aromatic heterocycles. The number of benzene rings is 1. The van der Waals surface area contributed by atoms with Crippen LogP contribution in [0.3, 0.4) is 0 Å². The molecule has 1 aromatic rings. The summed E-state index contributed by atoms with van der Waals surface area (Å²) in [6.07, 6.45) is 0.937. The minimum atomic E-state index is -3.86. The van der Waals surface area contributed by atoms with Crippen LogP contribution in [0.25, 0.3) is 0 Å². The van der Waals surface area contributed by atoms with Crippen LogP contribution in [0, 0.1) is 5.82 Å². The molecule has 0 bridgehead atoms. The van der Waals surface area contributed by atoms with Crippen LogP contribution < -0.4 is 15.4 Å². The molecule has 1 fully saturated rings. The summed E-state index contributed by atoms with van der Waals surface area (Å²) >= 11 is 0. The lowest BCUT2D eigenvalue weighted by molar-refractivity contribution is 0.587. The molecule has 3 N–H and O–H groups in total. The minimum absolute atomic E-state index is 0.207. The molecule has 100 valence electrons. The molecule has 5 nitrogen and oxygen atoms in total. The number of nitrogens with zero attached hydrogens (tertiary/aromatic N) is 1. The van der Waals surface area contributed by atoms with Crippen LogP contribution in [0.15, 0.2) is 23.1 Å². The van der Waals surface area contributed by atoms with E-state index in [1.807, 2.05) is 4.90 Å². The highest BCUT2D eigenvalue weighted by atomic mass is 32.2. The van der Waals surface area contributed by atoms with Crippen LogP contribution in [0.1, 0.15) is 6.42 Å². The van der Waals surface area contributed by atoms with Gasteiger partial charge in [-0.1, -0.05) is 0 Å². The van der Waals surface area contributed by atoms with Crippen molar-refractivity contribution >= 4 is 15.7 Å². The number of primary sulfonamides is 1. The third kappa shape index (κ3) is 2.63. The van der Waals surface area contributed by atoms with E-state index < -0.39 is 15.8 Å². The maximum atomic E-state index is 13.9. The quantitative estimate of drug-likeness (QED) is 0.829. The summed E-state index contributed by atoms with van der Waals surface area (Å²) in [5, 5.41) is 8.15. The fraction of sp³-hybridized carbons (Fsp3) is 0.455. The van der Waals surface area contributed by atoms with E-state index in [2.05, 4.69) is 5.32 Å². The highest BCUT2D eigenvalue weighted by Crippen LogP contribution is 2.24. The average molecular weight is 273 g/mol. The van der Waals surface area contributed by atoms with Crippen molar-refractivity contribution in [1.29, 1.82) is 0 Å². The van der Waals surface area contributed by atoms with Crippen molar-refractivity contribution in [2.24, 2.45) is 5.14 Å². The number of hydrogen-bond acceptors (Lipinski definition) is 4. The van der Waals surface area contributed by atoms with Crippen molar-refractivity contribution in [2.75, 3.05) is 25.0 Å². The van der Waals surface area contributed by atoms with Gasteiger partial charge in [0.25, 0.3) is 0 Å². The molecule has 0 saturated carbocycles. The SMILES string of the molecule is CN(c1ccc(S(N)(=O)=O)cc1F)C1CCNC1. The summed E-state index contributed by atoms with van der Waals surface area (Å²) in [7, 11) is -2.06. The highest BCUT2D eigenvalue weighted by molar-refractivity contribution is 7.89. The van der Waals surface area contributed by atoms with Crippen molar-refractivity contribution in [3.63, 3.8) is 0 Å². The molecule has 0 radical (unpaired) electrons. The van der Waals surface area contributed by atoms with Crippen LogP contribution in [-0.4, -0.2) is 34.6 Å². The fourth-order valence-electron chi connectivity index (χ4n) is 2.12. The number of rotatable bonds is 3. The predicted molar refractivity (Wildman–Crippen MR) is 67.5 cm³/mol. The van der Waals surface area contributed by atoms with Crippen LogP contribution in [-0.2, 0) is 10.0 Å². The van der Waals surface area contributed by atoms with Gasteiger partial charge in [0, 0.05) is 19.6 Å². The number of nitrogens with one attached hydrogen (secondary N) is 1. The Hall–Kier alpha value is -1.18. The number of anilines is 1. The van der Waals surface area contributed by atoms with Gasteiger partial charge in [-0.2, -0.15) is 0 Å². The van der Waals surface area contributed by atoms with E-state index >= 15 is 0 Å². The fourth-order valence-corrected chi connectivity index (χ4v) is 2.64. The third-order valence-electron chi connectivity index (χ3n) is 3.21. The van der Waals surface area contributed by atoms with Gasteiger partial charge in [-0.3, -0.25) is 0 Å². The second kappa shape index (κ2) is 4.83. The molecule has 1 saturated heterocycles. The predicted octanol–water partition coefficient (Wildman–Crippen LogP) is 0.271. The maximum Gasteiger partial charge on any atom is 0.238 e. The molecular formula is C11H16FN3O2S. The van der Waals surface area contributed by atoms with Crippen molar-refractivity contribution in [1.82, 2.24) is 5.32 Å². The normalized spacial score (nSPS) is 20.1. The first-order chi connectivity index (χ1) is 8.39. The first kappa shape index (κ1) is 13.3. The molecule has 18 heavy (non-hydrogen) atoms. The zero-order valence-corrected chi connectivity index (χ0v) is 10.9. The van der Waals surface area contributed by atoms with Crippen LogP contribution in [0.2, 0.25) is 0 Å². The molecule has 0 aliphatic carbocycles. The summed E-state index contributed by atoms with van der Waals surface area (Å²) in [6.45, 7) is 1.71. The number of sulfonamides is 1. The number of halogens is 1. The minimum Gasteiger partial charge on any atom is -0.368 e. The molecular weight excluding hydrogens is 257 g/mol. The highest BCUT2D eigenvalue weighted by Gasteiger charge is 2.22. The lowest BCUT2D eigenvalue weighted by Gasteiger charge is -2.26. The molecule has 0 amide bonds. The first-order valence-electron chi connectivity index (χ1n) is 5.65. The van der Waals surface area contributed by atoms with Gasteiger partial charge in [-0.05, 0) is 31.2 Å². The molecule has 1 atom stereocenters. The van der Waals surface area contributed by atoms with Gasteiger partial charge < -0.3 is 10.2 Å². The Morgan fingerprint density at radius 1 is 1.50 bits per heavy atom. The summed E-state index contributed by atoms with van der Waals surface area (Å²) in [6, 6.07) is 3.96. The number of nitrogens with two attached hydrogens (primary N) is 1. The molecule has 2 rings (SSSR count). The van der Waals surface area contributed by atoms with E-state index in [1.54, 1.807) is 7.05 Å². The molecule has 1 aliphatic rings. The second-order valence-corrected chi connectivity index (χ2v) is 5.98. The van der Waals surface area contributed by atoms with Crippen LogP contribution >= 0.6 is 0 Å². The lowest BCUT2D eigenvalue weighted by atomic mass is 10.2. The van der Waals surface area contributed by atoms with Crippen molar-refractivity contribution < 1.29 is 12.8 Å². The molecule has 1 aliphatic heterocycles. The first-order valence-corrected chi connectivity index (χ1v) is 7.20. The summed E-state index contributed by atoms with van der Waals surface area (Å²) in [4.78, 5) is 1.61. The smallest absolute Gasteiger partial charge is 0.238 e. The molecule has 1 aromatic carbocycles. The van der Waals surface area contributed by atoms with Gasteiger partial charge in [0.15, 0.2) is 0 Å². The lowest BCUT2D eigenvalue weighted by Crippen LogP contribution is -2.34. The molecule has 7 heteroatoms. The molecule has 0 spiro atoms. The van der Waals surface area contributed by atoms with E-state index in [1.165, 1.54) is 12.1 Å². The Kier molecular flexibility index (Phi) is 3.56. The topological polar surface area (TPSA) is 75.4 Å². The van der Waals surface area contributed by atoms with Crippen molar-refractivity contribution in [2.45, 2.75) is 17.4 Å². The Labute approximate surface area is 106 Å². The van der Waals surface area contributed by atoms with Crippen molar-refractivity contribution in [3.05, 3.63) is 24.0 Å². The zero-order chi connectivity index (χ0) is 13.3. The standard InChI is InChI=1S/C11H16FN3O2S/c1-15(8-4-5-14-7-8)11-3-2-9(6-10(11)12)18(13,16)17/h2-3,6,8,14H,4-5,7H2,1H3,(H2,13,16,17). The maximum absolute atomic E-state index is 13.9. The van der Waals surface area contributed by atoms with Crippen molar-refractivity contribution in [3.8, 4) is 0 Å². The Morgan fingerprint density at radius 2 is 2.22 bits per heavy atom. The average Bonchev–Trinajstić information content (AvgIpc) is 2.80. The van der Waals surface area contributed by atoms with Gasteiger partial charge in [-0.15, -0.1) is 0 Å². The van der Waals surface area contributed by atoms with E-state index in [-0.39, 0.29) is 10.9 Å². The largest absolute Gasteiger partial charge is 0.368 e. The Bertz CT molecular complexity index is 541. The zero-order valence-electron chi connectivity index (χ0n) is 10.1. The number of likely N-dealkylation sites (N-methyl/N-ethyl adjacent to an activating group) is 1. The van der Waals surface area contributed by atoms with E-state index in [0.717, 1.165) is 25.6 Å². The monoisotopic (exact) mass is 273 g/mol. The van der Waals surface area contributed by atoms with E-state index in [9.17, 15) is 12.8 Å². The number of hydrogen-bond donors (Lipinski definition) is 2. The molecule has 1 heterocycles. The van der Waals surface area contributed by atoms with Crippen LogP contribution in [0.4, 0.5) is 10.1 Å². The van der Waals surface area contributed by atoms with Gasteiger partial charge in [0.2, 0.25) is 10.0 Å². The van der Waals surface area contributed by atoms with Crippen LogP contribution in [0.5, 0.6) is 0 Å². The summed E-state index contributed by atoms with van der Waals surface area (Å²) in [5.74, 6) is -0.573. The van der Waals surface area contributed by atoms with Gasteiger partial charge in [0.1, 0.15) is 5.82 Å². The third-order valence-corrected chi connectivity index (χ3v) is 4.12. The van der Waals surface area contributed by atoms with Gasteiger partial charge in [0.05, 0.1) is 10.6 Å². The Balaban J connectivity index is 2.29. The van der Waals surface area contributed by atoms with Gasteiger partial charge in [-0.25, -0.2) is 17.9 Å². The Morgan fingerprint density at radius 3 is 2.72 bits per heavy atom. The molecule has 1 unspecified atom stereocenters. The summed E-state index contributed by atoms with van der Waals surface area (Å²) in [5.41, 5.74) is 0.385.